The second-order valence-electron chi connectivity index (χ2n) is 2.03. The lowest BCUT2D eigenvalue weighted by atomic mass is 10.3. The molecular formula is C6H9N3O. The Hall–Kier alpha value is -1.19. The maximum absolute atomic E-state index is 10.8. The first-order chi connectivity index (χ1) is 4.83. The second kappa shape index (κ2) is 3.10. The minimum Gasteiger partial charge on any atom is -0.313 e. The monoisotopic (exact) mass is 139 g/mol. The van der Waals surface area contributed by atoms with E-state index in [1.54, 1.807) is 4.57 Å². The molecule has 0 N–H and O–H groups in total. The number of rotatable bonds is 3. The zero-order chi connectivity index (χ0) is 7.40. The molecule has 0 amide bonds. The van der Waals surface area contributed by atoms with Crippen LogP contribution >= 0.6 is 0 Å². The fourth-order valence-electron chi connectivity index (χ4n) is 0.619. The standard InChI is InChI=1S/C6H9N3O/c1-2-6(10)3-9-4-7-8-5-9/h4-5H,2-3H2,1H3. The van der Waals surface area contributed by atoms with Gasteiger partial charge < -0.3 is 4.57 Å². The van der Waals surface area contributed by atoms with Crippen molar-refractivity contribution >= 4 is 5.78 Å². The molecule has 0 aliphatic heterocycles. The molecule has 1 aromatic heterocycles. The summed E-state index contributed by atoms with van der Waals surface area (Å²) in [4.78, 5) is 10.8. The van der Waals surface area contributed by atoms with E-state index in [2.05, 4.69) is 10.2 Å². The molecule has 0 saturated heterocycles. The normalized spacial score (nSPS) is 9.70. The lowest BCUT2D eigenvalue weighted by Crippen LogP contribution is -2.06. The van der Waals surface area contributed by atoms with E-state index in [0.29, 0.717) is 13.0 Å². The maximum atomic E-state index is 10.8. The van der Waals surface area contributed by atoms with Crippen LogP contribution in [0.25, 0.3) is 0 Å². The molecule has 1 aromatic rings. The summed E-state index contributed by atoms with van der Waals surface area (Å²) in [5.41, 5.74) is 0. The van der Waals surface area contributed by atoms with E-state index in [1.807, 2.05) is 6.92 Å². The van der Waals surface area contributed by atoms with Gasteiger partial charge in [0.15, 0.2) is 5.78 Å². The number of hydrogen-bond donors (Lipinski definition) is 0. The molecule has 0 aromatic carbocycles. The average molecular weight is 139 g/mol. The number of ketones is 1. The molecule has 4 heteroatoms. The summed E-state index contributed by atoms with van der Waals surface area (Å²) in [6.45, 7) is 2.23. The highest BCUT2D eigenvalue weighted by Gasteiger charge is 1.97. The van der Waals surface area contributed by atoms with Crippen LogP contribution in [0.4, 0.5) is 0 Å². The van der Waals surface area contributed by atoms with Gasteiger partial charge in [-0.1, -0.05) is 6.92 Å². The first-order valence-corrected chi connectivity index (χ1v) is 3.17. The number of Topliss-reactive ketones (excluding diaryl/α,β-unsaturated/α-hetero) is 1. The summed E-state index contributed by atoms with van der Waals surface area (Å²) in [6.07, 6.45) is 3.64. The Kier molecular flexibility index (Phi) is 2.15. The molecule has 0 atom stereocenters. The van der Waals surface area contributed by atoms with E-state index in [-0.39, 0.29) is 5.78 Å². The summed E-state index contributed by atoms with van der Waals surface area (Å²) >= 11 is 0. The van der Waals surface area contributed by atoms with E-state index in [0.717, 1.165) is 0 Å². The Labute approximate surface area is 58.9 Å². The highest BCUT2D eigenvalue weighted by molar-refractivity contribution is 5.77. The van der Waals surface area contributed by atoms with Crippen molar-refractivity contribution in [3.05, 3.63) is 12.7 Å². The Morgan fingerprint density at radius 3 is 2.60 bits per heavy atom. The number of carbonyl (C=O) groups is 1. The van der Waals surface area contributed by atoms with E-state index in [4.69, 9.17) is 0 Å². The molecular weight excluding hydrogens is 130 g/mol. The Bertz CT molecular complexity index is 205. The third-order valence-corrected chi connectivity index (χ3v) is 1.22. The molecule has 0 unspecified atom stereocenters. The average Bonchev–Trinajstić information content (AvgIpc) is 2.40. The minimum atomic E-state index is 0.194. The first-order valence-electron chi connectivity index (χ1n) is 3.17. The third kappa shape index (κ3) is 1.65. The number of hydrogen-bond acceptors (Lipinski definition) is 3. The van der Waals surface area contributed by atoms with E-state index >= 15 is 0 Å². The molecule has 0 bridgehead atoms. The van der Waals surface area contributed by atoms with Gasteiger partial charge in [0, 0.05) is 6.42 Å². The number of aromatic nitrogens is 3. The molecule has 0 aliphatic carbocycles. The summed E-state index contributed by atoms with van der Waals surface area (Å²) in [7, 11) is 0. The summed E-state index contributed by atoms with van der Waals surface area (Å²) in [5, 5.41) is 7.14. The van der Waals surface area contributed by atoms with Gasteiger partial charge in [0.05, 0.1) is 6.54 Å². The van der Waals surface area contributed by atoms with Crippen molar-refractivity contribution in [2.45, 2.75) is 19.9 Å². The van der Waals surface area contributed by atoms with Crippen molar-refractivity contribution < 1.29 is 4.79 Å². The third-order valence-electron chi connectivity index (χ3n) is 1.22. The van der Waals surface area contributed by atoms with Gasteiger partial charge in [-0.25, -0.2) is 0 Å². The Balaban J connectivity index is 2.48. The topological polar surface area (TPSA) is 47.8 Å². The van der Waals surface area contributed by atoms with Gasteiger partial charge in [0.2, 0.25) is 0 Å². The van der Waals surface area contributed by atoms with Crippen LogP contribution in [0.2, 0.25) is 0 Å². The number of carbonyl (C=O) groups excluding carboxylic acids is 1. The second-order valence-corrected chi connectivity index (χ2v) is 2.03. The van der Waals surface area contributed by atoms with Crippen LogP contribution < -0.4 is 0 Å². The van der Waals surface area contributed by atoms with E-state index in [9.17, 15) is 4.79 Å². The molecule has 1 rings (SSSR count). The van der Waals surface area contributed by atoms with Crippen molar-refractivity contribution in [1.82, 2.24) is 14.8 Å². The quantitative estimate of drug-likeness (QED) is 0.603. The summed E-state index contributed by atoms with van der Waals surface area (Å²) < 4.78 is 1.66. The smallest absolute Gasteiger partial charge is 0.152 e. The SMILES string of the molecule is CCC(=O)Cn1cnnc1. The maximum Gasteiger partial charge on any atom is 0.152 e. The molecule has 0 saturated carbocycles. The van der Waals surface area contributed by atoms with Crippen LogP contribution in [-0.2, 0) is 11.3 Å². The van der Waals surface area contributed by atoms with Gasteiger partial charge >= 0.3 is 0 Å². The van der Waals surface area contributed by atoms with Gasteiger partial charge in [0.25, 0.3) is 0 Å². The Morgan fingerprint density at radius 2 is 2.10 bits per heavy atom. The predicted molar refractivity (Wildman–Crippen MR) is 35.3 cm³/mol. The molecule has 0 aliphatic rings. The van der Waals surface area contributed by atoms with Crippen LogP contribution in [0.5, 0.6) is 0 Å². The van der Waals surface area contributed by atoms with Gasteiger partial charge in [-0.3, -0.25) is 4.79 Å². The first kappa shape index (κ1) is 6.92. The molecule has 0 spiro atoms. The fourth-order valence-corrected chi connectivity index (χ4v) is 0.619. The lowest BCUT2D eigenvalue weighted by molar-refractivity contribution is -0.119. The van der Waals surface area contributed by atoms with Gasteiger partial charge in [-0.15, -0.1) is 10.2 Å². The van der Waals surface area contributed by atoms with E-state index < -0.39 is 0 Å². The van der Waals surface area contributed by atoms with Crippen molar-refractivity contribution in [3.63, 3.8) is 0 Å². The minimum absolute atomic E-state index is 0.194. The van der Waals surface area contributed by atoms with Crippen molar-refractivity contribution in [2.75, 3.05) is 0 Å². The van der Waals surface area contributed by atoms with Crippen molar-refractivity contribution in [3.8, 4) is 0 Å². The predicted octanol–water partition coefficient (Wildman–Crippen LogP) is 0.257. The van der Waals surface area contributed by atoms with Crippen LogP contribution in [0, 0.1) is 0 Å². The zero-order valence-corrected chi connectivity index (χ0v) is 5.82. The van der Waals surface area contributed by atoms with Crippen LogP contribution in [0.1, 0.15) is 13.3 Å². The van der Waals surface area contributed by atoms with Crippen LogP contribution in [0.3, 0.4) is 0 Å². The molecule has 1 heterocycles. The molecule has 0 fully saturated rings. The number of nitrogens with zero attached hydrogens (tertiary/aromatic N) is 3. The highest BCUT2D eigenvalue weighted by Crippen LogP contribution is 1.87. The van der Waals surface area contributed by atoms with Crippen LogP contribution in [0.15, 0.2) is 12.7 Å². The molecule has 10 heavy (non-hydrogen) atoms. The van der Waals surface area contributed by atoms with Crippen LogP contribution in [-0.4, -0.2) is 20.5 Å². The lowest BCUT2D eigenvalue weighted by Gasteiger charge is -1.95. The summed E-state index contributed by atoms with van der Waals surface area (Å²) in [5.74, 6) is 0.194. The highest BCUT2D eigenvalue weighted by atomic mass is 16.1. The zero-order valence-electron chi connectivity index (χ0n) is 5.82. The largest absolute Gasteiger partial charge is 0.313 e. The van der Waals surface area contributed by atoms with Crippen molar-refractivity contribution in [2.24, 2.45) is 0 Å². The van der Waals surface area contributed by atoms with Crippen molar-refractivity contribution in [1.29, 1.82) is 0 Å². The molecule has 4 nitrogen and oxygen atoms in total. The summed E-state index contributed by atoms with van der Waals surface area (Å²) in [6, 6.07) is 0. The Morgan fingerprint density at radius 1 is 1.50 bits per heavy atom. The van der Waals surface area contributed by atoms with Gasteiger partial charge in [0.1, 0.15) is 12.7 Å². The molecule has 0 radical (unpaired) electrons. The van der Waals surface area contributed by atoms with Gasteiger partial charge in [-0.05, 0) is 0 Å². The molecule has 54 valence electrons. The van der Waals surface area contributed by atoms with Gasteiger partial charge in [-0.2, -0.15) is 0 Å². The fraction of sp³-hybridized carbons (Fsp3) is 0.500. The van der Waals surface area contributed by atoms with E-state index in [1.165, 1.54) is 12.7 Å².